The highest BCUT2D eigenvalue weighted by atomic mass is 32.2. The van der Waals surface area contributed by atoms with Crippen LogP contribution in [0.25, 0.3) is 21.7 Å². The summed E-state index contributed by atoms with van der Waals surface area (Å²) in [6.45, 7) is 0.279. The van der Waals surface area contributed by atoms with Gasteiger partial charge in [0, 0.05) is 40.8 Å². The fourth-order valence-corrected chi connectivity index (χ4v) is 7.95. The Kier molecular flexibility index (Phi) is 7.24. The summed E-state index contributed by atoms with van der Waals surface area (Å²) in [5.74, 6) is 1.28. The van der Waals surface area contributed by atoms with Gasteiger partial charge in [0.25, 0.3) is 20.2 Å². The van der Waals surface area contributed by atoms with Crippen molar-refractivity contribution in [3.63, 3.8) is 0 Å². The molecule has 2 atom stereocenters. The van der Waals surface area contributed by atoms with E-state index in [1.807, 2.05) is 36.4 Å². The van der Waals surface area contributed by atoms with Gasteiger partial charge in [-0.05, 0) is 41.5 Å². The number of carbonyl (C=O) groups excluding carboxylic acids is 2. The van der Waals surface area contributed by atoms with Crippen LogP contribution in [0.1, 0.15) is 22.9 Å². The molecule has 0 bridgehead atoms. The van der Waals surface area contributed by atoms with E-state index in [1.165, 1.54) is 29.2 Å². The van der Waals surface area contributed by atoms with Gasteiger partial charge >= 0.3 is 0 Å². The first kappa shape index (κ1) is 30.7. The van der Waals surface area contributed by atoms with Crippen LogP contribution in [0.15, 0.2) is 88.7 Å². The number of fused-ring (bicyclic) bond motifs is 6. The summed E-state index contributed by atoms with van der Waals surface area (Å²) >= 11 is 0. The molecule has 1 fully saturated rings. The first-order valence-electron chi connectivity index (χ1n) is 14.3. The summed E-state index contributed by atoms with van der Waals surface area (Å²) in [6, 6.07) is 20.4. The van der Waals surface area contributed by atoms with Gasteiger partial charge in [-0.1, -0.05) is 48.5 Å². The summed E-state index contributed by atoms with van der Waals surface area (Å²) in [7, 11) is -7.24. The highest BCUT2D eigenvalue weighted by molar-refractivity contribution is 7.86. The van der Waals surface area contributed by atoms with Gasteiger partial charge in [0.15, 0.2) is 11.5 Å². The van der Waals surface area contributed by atoms with E-state index in [9.17, 15) is 26.4 Å². The van der Waals surface area contributed by atoms with E-state index in [1.54, 1.807) is 11.9 Å². The number of piperazine rings is 1. The molecule has 47 heavy (non-hydrogen) atoms. The summed E-state index contributed by atoms with van der Waals surface area (Å²) in [4.78, 5) is 32.1. The summed E-state index contributed by atoms with van der Waals surface area (Å²) in [5.41, 5.74) is 3.97. The number of aromatic amines is 1. The quantitative estimate of drug-likeness (QED) is 0.239. The SMILES string of the molecule is CN1CC(=O)N2[C@H](c3ccc4c(c3)OCO4)c3[nH]c4ccccc4c3C[C@@H]2C1=O.O=S(=O)(O)c1cccc2c(S(=O)(=O)O)cccc12. The molecule has 15 heteroatoms. The third kappa shape index (κ3) is 5.26. The van der Waals surface area contributed by atoms with Gasteiger partial charge in [0.1, 0.15) is 15.8 Å². The number of hydrogen-bond donors (Lipinski definition) is 3. The van der Waals surface area contributed by atoms with Crippen LogP contribution < -0.4 is 9.47 Å². The number of rotatable bonds is 3. The number of aromatic nitrogens is 1. The third-order valence-electron chi connectivity index (χ3n) is 8.56. The number of nitrogens with zero attached hydrogens (tertiary/aromatic N) is 2. The molecule has 242 valence electrons. The Morgan fingerprint density at radius 3 is 2.06 bits per heavy atom. The lowest BCUT2D eigenvalue weighted by Crippen LogP contribution is -2.62. The Labute approximate surface area is 268 Å². The van der Waals surface area contributed by atoms with E-state index in [4.69, 9.17) is 18.6 Å². The number of amides is 2. The van der Waals surface area contributed by atoms with Crippen molar-refractivity contribution in [1.29, 1.82) is 0 Å². The van der Waals surface area contributed by atoms with Crippen LogP contribution in [0.5, 0.6) is 11.5 Å². The van der Waals surface area contributed by atoms with Crippen LogP contribution in [0.2, 0.25) is 0 Å². The number of H-pyrrole nitrogens is 1. The number of carbonyl (C=O) groups is 2. The van der Waals surface area contributed by atoms with Gasteiger partial charge in [-0.3, -0.25) is 18.7 Å². The molecule has 5 aromatic rings. The van der Waals surface area contributed by atoms with Gasteiger partial charge in [-0.25, -0.2) is 0 Å². The highest BCUT2D eigenvalue weighted by Gasteiger charge is 2.47. The predicted octanol–water partition coefficient (Wildman–Crippen LogP) is 3.54. The lowest BCUT2D eigenvalue weighted by molar-refractivity contribution is -0.157. The second-order valence-corrected chi connectivity index (χ2v) is 14.1. The minimum Gasteiger partial charge on any atom is -0.454 e. The second kappa shape index (κ2) is 11.1. The maximum atomic E-state index is 13.1. The zero-order chi connectivity index (χ0) is 33.2. The van der Waals surface area contributed by atoms with Crippen LogP contribution >= 0.6 is 0 Å². The molecule has 3 N–H and O–H groups in total. The molecule has 4 heterocycles. The molecule has 4 aromatic carbocycles. The number of benzene rings is 4. The van der Waals surface area contributed by atoms with E-state index in [2.05, 4.69) is 11.1 Å². The van der Waals surface area contributed by atoms with E-state index in [-0.39, 0.29) is 42.0 Å². The second-order valence-electron chi connectivity index (χ2n) is 11.4. The van der Waals surface area contributed by atoms with Crippen molar-refractivity contribution in [3.05, 3.63) is 95.7 Å². The van der Waals surface area contributed by atoms with Gasteiger partial charge < -0.3 is 24.3 Å². The monoisotopic (exact) mass is 677 g/mol. The number of hydrogen-bond acceptors (Lipinski definition) is 8. The first-order valence-corrected chi connectivity index (χ1v) is 17.2. The largest absolute Gasteiger partial charge is 0.454 e. The van der Waals surface area contributed by atoms with Gasteiger partial charge in [-0.15, -0.1) is 0 Å². The average Bonchev–Trinajstić information content (AvgIpc) is 3.66. The van der Waals surface area contributed by atoms with E-state index in [0.29, 0.717) is 17.9 Å². The Hall–Kier alpha value is -4.96. The molecule has 3 aliphatic heterocycles. The molecule has 8 rings (SSSR count). The lowest BCUT2D eigenvalue weighted by Gasteiger charge is -2.46. The van der Waals surface area contributed by atoms with Crippen molar-refractivity contribution in [2.24, 2.45) is 0 Å². The number of para-hydroxylation sites is 1. The average molecular weight is 678 g/mol. The third-order valence-corrected chi connectivity index (χ3v) is 10.4. The van der Waals surface area contributed by atoms with Crippen molar-refractivity contribution in [1.82, 2.24) is 14.8 Å². The Balaban J connectivity index is 0.000000169. The molecule has 0 radical (unpaired) electrons. The highest BCUT2D eigenvalue weighted by Crippen LogP contribution is 2.44. The van der Waals surface area contributed by atoms with Crippen LogP contribution in [-0.4, -0.2) is 79.0 Å². The molecule has 2 amide bonds. The molecule has 13 nitrogen and oxygen atoms in total. The molecule has 0 spiro atoms. The topological polar surface area (TPSA) is 184 Å². The molecule has 0 saturated carbocycles. The smallest absolute Gasteiger partial charge is 0.295 e. The van der Waals surface area contributed by atoms with Crippen molar-refractivity contribution in [2.75, 3.05) is 20.4 Å². The van der Waals surface area contributed by atoms with Crippen LogP contribution in [0.3, 0.4) is 0 Å². The molecule has 1 saturated heterocycles. The van der Waals surface area contributed by atoms with Crippen LogP contribution in [0, 0.1) is 0 Å². The Morgan fingerprint density at radius 1 is 0.787 bits per heavy atom. The Morgan fingerprint density at radius 2 is 1.40 bits per heavy atom. The maximum Gasteiger partial charge on any atom is 0.295 e. The molecular formula is C32H27N3O10S2. The normalized spacial score (nSPS) is 19.0. The van der Waals surface area contributed by atoms with Gasteiger partial charge in [0.2, 0.25) is 18.6 Å². The van der Waals surface area contributed by atoms with Gasteiger partial charge in [0.05, 0.1) is 12.6 Å². The standard InChI is InChI=1S/C22H19N3O4.C10H8O6S2/c1-24-10-19(26)25-16(22(24)27)9-14-13-4-2-3-5-15(13)23-20(14)21(25)12-6-7-17-18(8-12)29-11-28-17;11-17(12,13)9-5-1-3-7-8(9)4-2-6-10(7)18(14,15)16/h2-8,16,21,23H,9-11H2,1H3;1-6H,(H,11,12,13)(H,14,15,16)/t16-,21-;/m1./s1. The molecule has 0 aliphatic carbocycles. The van der Waals surface area contributed by atoms with Crippen LogP contribution in [-0.2, 0) is 36.2 Å². The maximum absolute atomic E-state index is 13.1. The molecule has 1 aromatic heterocycles. The summed E-state index contributed by atoms with van der Waals surface area (Å²) < 4.78 is 73.7. The lowest BCUT2D eigenvalue weighted by atomic mass is 9.86. The van der Waals surface area contributed by atoms with E-state index < -0.39 is 36.1 Å². The zero-order valence-electron chi connectivity index (χ0n) is 24.7. The predicted molar refractivity (Wildman–Crippen MR) is 168 cm³/mol. The van der Waals surface area contributed by atoms with Crippen molar-refractivity contribution < 1.29 is 45.0 Å². The van der Waals surface area contributed by atoms with Gasteiger partial charge in [-0.2, -0.15) is 16.8 Å². The van der Waals surface area contributed by atoms with E-state index in [0.717, 1.165) is 39.9 Å². The molecule has 0 unspecified atom stereocenters. The number of likely N-dealkylation sites (N-methyl/N-ethyl adjacent to an activating group) is 1. The van der Waals surface area contributed by atoms with E-state index >= 15 is 0 Å². The van der Waals surface area contributed by atoms with Crippen molar-refractivity contribution in [2.45, 2.75) is 28.3 Å². The van der Waals surface area contributed by atoms with Crippen molar-refractivity contribution >= 4 is 53.7 Å². The molecular weight excluding hydrogens is 650 g/mol. The fourth-order valence-electron chi connectivity index (χ4n) is 6.54. The summed E-state index contributed by atoms with van der Waals surface area (Å²) in [5, 5.41) is 1.15. The summed E-state index contributed by atoms with van der Waals surface area (Å²) in [6.07, 6.45) is 0.509. The van der Waals surface area contributed by atoms with Crippen molar-refractivity contribution in [3.8, 4) is 11.5 Å². The zero-order valence-corrected chi connectivity index (χ0v) is 26.3. The first-order chi connectivity index (χ1) is 22.3. The Bertz CT molecular complexity index is 2260. The number of nitrogens with one attached hydrogen (secondary N) is 1. The molecule has 3 aliphatic rings. The van der Waals surface area contributed by atoms with Crippen LogP contribution in [0.4, 0.5) is 0 Å². The number of ether oxygens (including phenoxy) is 2. The fraction of sp³-hybridized carbons (Fsp3) is 0.188. The minimum absolute atomic E-state index is 0.0220. The minimum atomic E-state index is -4.47.